The molecule has 0 radical (unpaired) electrons. The summed E-state index contributed by atoms with van der Waals surface area (Å²) in [7, 11) is 1.29. The summed E-state index contributed by atoms with van der Waals surface area (Å²) in [4.78, 5) is 24.8. The number of methoxy groups -OCH3 is 1. The minimum Gasteiger partial charge on any atom is -0.504 e. The van der Waals surface area contributed by atoms with E-state index in [1.165, 1.54) is 19.2 Å². The van der Waals surface area contributed by atoms with Crippen LogP contribution in [0.5, 0.6) is 28.7 Å². The van der Waals surface area contributed by atoms with E-state index in [4.69, 9.17) is 18.9 Å². The van der Waals surface area contributed by atoms with Crippen LogP contribution in [0.3, 0.4) is 0 Å². The number of phenols is 2. The molecule has 0 bridgehead atoms. The van der Waals surface area contributed by atoms with Crippen molar-refractivity contribution in [3.63, 3.8) is 0 Å². The lowest BCUT2D eigenvalue weighted by molar-refractivity contribution is -0.127. The molecule has 1 heterocycles. The molecule has 0 fully saturated rings. The van der Waals surface area contributed by atoms with Gasteiger partial charge in [-0.15, -0.1) is 0 Å². The number of rotatable bonds is 6. The zero-order valence-corrected chi connectivity index (χ0v) is 18.2. The van der Waals surface area contributed by atoms with Gasteiger partial charge in [0.1, 0.15) is 23.7 Å². The van der Waals surface area contributed by atoms with E-state index in [0.717, 1.165) is 5.56 Å². The van der Waals surface area contributed by atoms with Crippen molar-refractivity contribution in [1.29, 1.82) is 0 Å². The molecule has 2 N–H and O–H groups in total. The Labute approximate surface area is 189 Å². The van der Waals surface area contributed by atoms with Crippen LogP contribution in [0, 0.1) is 0 Å². The molecule has 170 valence electrons. The van der Waals surface area contributed by atoms with E-state index in [2.05, 4.69) is 0 Å². The second-order valence-corrected chi connectivity index (χ2v) is 7.87. The van der Waals surface area contributed by atoms with Crippen molar-refractivity contribution in [3.8, 4) is 39.9 Å². The van der Waals surface area contributed by atoms with Crippen molar-refractivity contribution in [2.45, 2.75) is 26.2 Å². The van der Waals surface area contributed by atoms with Crippen LogP contribution in [-0.4, -0.2) is 35.4 Å². The highest BCUT2D eigenvalue weighted by Crippen LogP contribution is 2.49. The Kier molecular flexibility index (Phi) is 5.59. The highest BCUT2D eigenvalue weighted by molar-refractivity contribution is 6.05. The summed E-state index contributed by atoms with van der Waals surface area (Å²) in [5.74, 6) is -2.77. The van der Waals surface area contributed by atoms with E-state index in [1.807, 2.05) is 30.3 Å². The minimum absolute atomic E-state index is 0.00986. The average molecular weight is 450 g/mol. The Balaban J connectivity index is 1.91. The molecule has 8 heteroatoms. The molecule has 3 aromatic rings. The number of hydrogen-bond acceptors (Lipinski definition) is 8. The molecule has 1 aliphatic rings. The number of carbonyl (C=O) groups excluding carboxylic acids is 2. The molecule has 3 aromatic carbocycles. The Hall–Kier alpha value is -4.20. The normalized spacial score (nSPS) is 14.0. The second kappa shape index (κ2) is 8.38. The number of ether oxygens (including phenoxy) is 4. The average Bonchev–Trinajstić information content (AvgIpc) is 2.78. The van der Waals surface area contributed by atoms with Crippen LogP contribution >= 0.6 is 0 Å². The van der Waals surface area contributed by atoms with E-state index in [0.29, 0.717) is 12.0 Å². The molecule has 0 saturated carbocycles. The third-order valence-corrected chi connectivity index (χ3v) is 5.11. The summed E-state index contributed by atoms with van der Waals surface area (Å²) in [6, 6.07) is 13.7. The zero-order valence-electron chi connectivity index (χ0n) is 18.2. The predicted octanol–water partition coefficient (Wildman–Crippen LogP) is 4.45. The molecular formula is C25H22O8. The van der Waals surface area contributed by atoms with E-state index >= 15 is 0 Å². The molecule has 8 nitrogen and oxygen atoms in total. The van der Waals surface area contributed by atoms with Crippen LogP contribution in [0.25, 0.3) is 11.1 Å². The maximum atomic E-state index is 12.9. The van der Waals surface area contributed by atoms with Gasteiger partial charge in [0.15, 0.2) is 17.8 Å². The van der Waals surface area contributed by atoms with Gasteiger partial charge in [-0.1, -0.05) is 30.3 Å². The van der Waals surface area contributed by atoms with E-state index in [1.54, 1.807) is 19.9 Å². The zero-order chi connectivity index (χ0) is 23.8. The van der Waals surface area contributed by atoms with Gasteiger partial charge in [0.05, 0.1) is 7.11 Å². The van der Waals surface area contributed by atoms with Crippen LogP contribution < -0.4 is 14.2 Å². The lowest BCUT2D eigenvalue weighted by Crippen LogP contribution is -2.39. The Morgan fingerprint density at radius 3 is 2.39 bits per heavy atom. The fourth-order valence-corrected chi connectivity index (χ4v) is 3.65. The molecule has 0 atom stereocenters. The van der Waals surface area contributed by atoms with Crippen molar-refractivity contribution in [2.75, 3.05) is 7.11 Å². The van der Waals surface area contributed by atoms with Gasteiger partial charge in [0.2, 0.25) is 11.5 Å². The van der Waals surface area contributed by atoms with Gasteiger partial charge in [0.25, 0.3) is 0 Å². The number of esters is 1. The van der Waals surface area contributed by atoms with Gasteiger partial charge in [-0.25, -0.2) is 4.79 Å². The Morgan fingerprint density at radius 2 is 1.73 bits per heavy atom. The van der Waals surface area contributed by atoms with Crippen molar-refractivity contribution in [3.05, 3.63) is 65.2 Å². The van der Waals surface area contributed by atoms with Gasteiger partial charge in [-0.2, -0.15) is 0 Å². The SMILES string of the molecule is COc1cc(C=O)c(-c2cc(OCc3ccccc3)cc3c2C(=O)OC(C)(C)O3)c(O)c1O. The van der Waals surface area contributed by atoms with Crippen molar-refractivity contribution >= 4 is 12.3 Å². The fraction of sp³-hybridized carbons (Fsp3) is 0.200. The van der Waals surface area contributed by atoms with Crippen LogP contribution in [0.4, 0.5) is 0 Å². The highest BCUT2D eigenvalue weighted by atomic mass is 16.7. The summed E-state index contributed by atoms with van der Waals surface area (Å²) in [5.41, 5.74) is 0.918. The fourth-order valence-electron chi connectivity index (χ4n) is 3.65. The third-order valence-electron chi connectivity index (χ3n) is 5.11. The van der Waals surface area contributed by atoms with E-state index in [-0.39, 0.29) is 40.4 Å². The molecule has 4 rings (SSSR count). The molecule has 0 unspecified atom stereocenters. The van der Waals surface area contributed by atoms with Crippen molar-refractivity contribution in [1.82, 2.24) is 0 Å². The molecule has 0 amide bonds. The summed E-state index contributed by atoms with van der Waals surface area (Å²) < 4.78 is 22.2. The summed E-state index contributed by atoms with van der Waals surface area (Å²) in [5, 5.41) is 21.1. The highest BCUT2D eigenvalue weighted by Gasteiger charge is 2.37. The first-order valence-electron chi connectivity index (χ1n) is 10.1. The number of cyclic esters (lactones) is 1. The molecule has 0 saturated heterocycles. The lowest BCUT2D eigenvalue weighted by Gasteiger charge is -2.33. The largest absolute Gasteiger partial charge is 0.504 e. The molecule has 33 heavy (non-hydrogen) atoms. The third kappa shape index (κ3) is 4.15. The smallest absolute Gasteiger partial charge is 0.345 e. The molecular weight excluding hydrogens is 428 g/mol. The number of benzene rings is 3. The van der Waals surface area contributed by atoms with Crippen LogP contribution in [0.2, 0.25) is 0 Å². The maximum absolute atomic E-state index is 12.9. The standard InChI is InChI=1S/C25H22O8/c1-25(2)32-18-11-16(31-13-14-7-5-4-6-8-14)10-17(21(18)24(29)33-25)20-15(12-26)9-19(30-3)22(27)23(20)28/h4-12,27-28H,13H2,1-3H3. The lowest BCUT2D eigenvalue weighted by atomic mass is 9.92. The van der Waals surface area contributed by atoms with E-state index in [9.17, 15) is 19.8 Å². The molecule has 1 aliphatic heterocycles. The van der Waals surface area contributed by atoms with Crippen molar-refractivity contribution < 1.29 is 38.7 Å². The van der Waals surface area contributed by atoms with E-state index < -0.39 is 23.3 Å². The van der Waals surface area contributed by atoms with Gasteiger partial charge in [0, 0.05) is 36.6 Å². The minimum atomic E-state index is -1.24. The Bertz CT molecular complexity index is 1230. The summed E-state index contributed by atoms with van der Waals surface area (Å²) >= 11 is 0. The monoisotopic (exact) mass is 450 g/mol. The van der Waals surface area contributed by atoms with Gasteiger partial charge < -0.3 is 29.2 Å². The first-order valence-corrected chi connectivity index (χ1v) is 10.1. The quantitative estimate of drug-likeness (QED) is 0.322. The number of carbonyl (C=O) groups is 2. The van der Waals surface area contributed by atoms with Crippen LogP contribution in [0.15, 0.2) is 48.5 Å². The summed E-state index contributed by atoms with van der Waals surface area (Å²) in [6.07, 6.45) is 0.486. The van der Waals surface area contributed by atoms with Gasteiger partial charge >= 0.3 is 5.97 Å². The van der Waals surface area contributed by atoms with Gasteiger partial charge in [-0.3, -0.25) is 4.79 Å². The van der Waals surface area contributed by atoms with Crippen molar-refractivity contribution in [2.24, 2.45) is 0 Å². The predicted molar refractivity (Wildman–Crippen MR) is 118 cm³/mol. The molecule has 0 aromatic heterocycles. The number of phenolic OH excluding ortho intramolecular Hbond substituents is 2. The topological polar surface area (TPSA) is 112 Å². The molecule has 0 spiro atoms. The first kappa shape index (κ1) is 22.0. The second-order valence-electron chi connectivity index (χ2n) is 7.87. The first-order chi connectivity index (χ1) is 15.7. The van der Waals surface area contributed by atoms with Crippen LogP contribution in [0.1, 0.15) is 40.1 Å². The number of hydrogen-bond donors (Lipinski definition) is 2. The number of aromatic hydroxyl groups is 2. The van der Waals surface area contributed by atoms with Crippen LogP contribution in [-0.2, 0) is 11.3 Å². The van der Waals surface area contributed by atoms with Gasteiger partial charge in [-0.05, 0) is 17.7 Å². The molecule has 0 aliphatic carbocycles. The number of fused-ring (bicyclic) bond motifs is 1. The summed E-state index contributed by atoms with van der Waals surface area (Å²) in [6.45, 7) is 3.39. The number of aldehydes is 1. The Morgan fingerprint density at radius 1 is 1.00 bits per heavy atom. The maximum Gasteiger partial charge on any atom is 0.345 e.